The SMILES string of the molecule is CCCCCCC/C=C\C/C=C\C/C=C\CCCCCCCCCCCCC(=O)OCC(COC(=O)CCCCCCCCC)OC(=O)CCCCCCCCCCCCCCCCCCCCCCCC. The van der Waals surface area contributed by atoms with Crippen molar-refractivity contribution < 1.29 is 28.6 Å². The van der Waals surface area contributed by atoms with Crippen molar-refractivity contribution in [3.05, 3.63) is 36.5 Å². The second kappa shape index (κ2) is 61.2. The molecule has 0 rings (SSSR count). The van der Waals surface area contributed by atoms with Crippen LogP contribution in [0.15, 0.2) is 36.5 Å². The summed E-state index contributed by atoms with van der Waals surface area (Å²) in [6.07, 6.45) is 74.6. The van der Waals surface area contributed by atoms with Gasteiger partial charge in [-0.3, -0.25) is 14.4 Å². The number of rotatable bonds is 59. The Balaban J connectivity index is 4.10. The summed E-state index contributed by atoms with van der Waals surface area (Å²) < 4.78 is 16.8. The molecule has 0 aromatic heterocycles. The zero-order valence-corrected chi connectivity index (χ0v) is 48.5. The van der Waals surface area contributed by atoms with Crippen molar-refractivity contribution in [3.8, 4) is 0 Å². The van der Waals surface area contributed by atoms with Gasteiger partial charge in [-0.25, -0.2) is 0 Å². The van der Waals surface area contributed by atoms with Crippen LogP contribution in [0.25, 0.3) is 0 Å². The first-order valence-electron chi connectivity index (χ1n) is 32.0. The van der Waals surface area contributed by atoms with Crippen LogP contribution < -0.4 is 0 Å². The number of esters is 3. The van der Waals surface area contributed by atoms with Crippen molar-refractivity contribution in [2.75, 3.05) is 13.2 Å². The fourth-order valence-corrected chi connectivity index (χ4v) is 9.57. The second-order valence-electron chi connectivity index (χ2n) is 21.7. The Kier molecular flexibility index (Phi) is 59.2. The number of carbonyl (C=O) groups is 3. The minimum Gasteiger partial charge on any atom is -0.462 e. The highest BCUT2D eigenvalue weighted by Crippen LogP contribution is 2.18. The predicted octanol–water partition coefficient (Wildman–Crippen LogP) is 21.6. The van der Waals surface area contributed by atoms with Crippen molar-refractivity contribution in [1.29, 1.82) is 0 Å². The zero-order valence-electron chi connectivity index (χ0n) is 48.5. The van der Waals surface area contributed by atoms with E-state index in [-0.39, 0.29) is 31.1 Å². The summed E-state index contributed by atoms with van der Waals surface area (Å²) in [4.78, 5) is 38.1. The molecule has 0 spiro atoms. The summed E-state index contributed by atoms with van der Waals surface area (Å²) in [6, 6.07) is 0. The molecular weight excluding hydrogens is 889 g/mol. The van der Waals surface area contributed by atoms with E-state index >= 15 is 0 Å². The van der Waals surface area contributed by atoms with Gasteiger partial charge in [0, 0.05) is 19.3 Å². The van der Waals surface area contributed by atoms with E-state index in [1.807, 2.05) is 0 Å². The van der Waals surface area contributed by atoms with Crippen LogP contribution in [0.3, 0.4) is 0 Å². The standard InChI is InChI=1S/C66H122O6/c1-4-7-10-13-16-18-20-22-24-26-28-30-32-33-34-36-37-39-41-43-45-47-50-53-56-59-65(68)71-62-63(61-70-64(67)58-55-52-49-15-12-9-6-3)72-66(69)60-57-54-51-48-46-44-42-40-38-35-31-29-27-25-23-21-19-17-14-11-8-5-2/h20,22,26,28,32-33,63H,4-19,21,23-25,27,29-31,34-62H2,1-3H3/b22-20-,28-26-,33-32-. The molecule has 0 aliphatic heterocycles. The van der Waals surface area contributed by atoms with Crippen LogP contribution in [-0.4, -0.2) is 37.2 Å². The Morgan fingerprint density at radius 2 is 0.500 bits per heavy atom. The topological polar surface area (TPSA) is 78.9 Å². The molecule has 6 nitrogen and oxygen atoms in total. The van der Waals surface area contributed by atoms with Gasteiger partial charge in [-0.1, -0.05) is 308 Å². The molecule has 72 heavy (non-hydrogen) atoms. The van der Waals surface area contributed by atoms with Gasteiger partial charge >= 0.3 is 17.9 Å². The molecule has 0 saturated heterocycles. The van der Waals surface area contributed by atoms with Crippen molar-refractivity contribution in [1.82, 2.24) is 0 Å². The zero-order chi connectivity index (χ0) is 52.2. The third kappa shape index (κ3) is 58.5. The fourth-order valence-electron chi connectivity index (χ4n) is 9.57. The summed E-state index contributed by atoms with van der Waals surface area (Å²) in [5.74, 6) is -0.858. The van der Waals surface area contributed by atoms with E-state index < -0.39 is 6.10 Å². The van der Waals surface area contributed by atoms with E-state index in [0.717, 1.165) is 70.6 Å². The van der Waals surface area contributed by atoms with Gasteiger partial charge in [-0.15, -0.1) is 0 Å². The van der Waals surface area contributed by atoms with Crippen molar-refractivity contribution in [2.24, 2.45) is 0 Å². The largest absolute Gasteiger partial charge is 0.462 e. The third-order valence-electron chi connectivity index (χ3n) is 14.4. The van der Waals surface area contributed by atoms with Crippen molar-refractivity contribution in [2.45, 2.75) is 354 Å². The minimum absolute atomic E-state index is 0.0690. The summed E-state index contributed by atoms with van der Waals surface area (Å²) in [5.41, 5.74) is 0. The van der Waals surface area contributed by atoms with E-state index in [1.165, 1.54) is 238 Å². The smallest absolute Gasteiger partial charge is 0.306 e. The van der Waals surface area contributed by atoms with Crippen molar-refractivity contribution in [3.63, 3.8) is 0 Å². The van der Waals surface area contributed by atoms with Gasteiger partial charge in [-0.05, 0) is 57.8 Å². The molecule has 0 aliphatic carbocycles. The lowest BCUT2D eigenvalue weighted by atomic mass is 10.0. The third-order valence-corrected chi connectivity index (χ3v) is 14.4. The lowest BCUT2D eigenvalue weighted by molar-refractivity contribution is -0.167. The molecule has 0 aromatic carbocycles. The molecule has 0 radical (unpaired) electrons. The molecule has 1 atom stereocenters. The van der Waals surface area contributed by atoms with Gasteiger partial charge < -0.3 is 14.2 Å². The molecule has 0 N–H and O–H groups in total. The number of hydrogen-bond donors (Lipinski definition) is 0. The number of ether oxygens (including phenoxy) is 3. The van der Waals surface area contributed by atoms with E-state index in [1.54, 1.807) is 0 Å². The molecule has 422 valence electrons. The van der Waals surface area contributed by atoms with Crippen LogP contribution in [0, 0.1) is 0 Å². The van der Waals surface area contributed by atoms with Gasteiger partial charge in [0.2, 0.25) is 0 Å². The maximum absolute atomic E-state index is 12.9. The molecule has 6 heteroatoms. The number of carbonyl (C=O) groups excluding carboxylic acids is 3. The average molecular weight is 1010 g/mol. The van der Waals surface area contributed by atoms with Crippen LogP contribution in [0.5, 0.6) is 0 Å². The van der Waals surface area contributed by atoms with Crippen LogP contribution >= 0.6 is 0 Å². The minimum atomic E-state index is -0.768. The molecular formula is C66H122O6. The Hall–Kier alpha value is -2.37. The molecule has 0 saturated carbocycles. The lowest BCUT2D eigenvalue weighted by Crippen LogP contribution is -2.30. The molecule has 1 unspecified atom stereocenters. The normalized spacial score (nSPS) is 12.2. The first-order chi connectivity index (χ1) is 35.5. The van der Waals surface area contributed by atoms with Gasteiger partial charge in [-0.2, -0.15) is 0 Å². The van der Waals surface area contributed by atoms with Crippen LogP contribution in [0.4, 0.5) is 0 Å². The highest BCUT2D eigenvalue weighted by molar-refractivity contribution is 5.71. The maximum atomic E-state index is 12.9. The molecule has 0 aliphatic rings. The van der Waals surface area contributed by atoms with Crippen LogP contribution in [0.2, 0.25) is 0 Å². The maximum Gasteiger partial charge on any atom is 0.306 e. The van der Waals surface area contributed by atoms with Gasteiger partial charge in [0.1, 0.15) is 13.2 Å². The fraction of sp³-hybridized carbons (Fsp3) is 0.864. The van der Waals surface area contributed by atoms with Gasteiger partial charge in [0.15, 0.2) is 6.10 Å². The van der Waals surface area contributed by atoms with Gasteiger partial charge in [0.05, 0.1) is 0 Å². The summed E-state index contributed by atoms with van der Waals surface area (Å²) in [5, 5.41) is 0. The van der Waals surface area contributed by atoms with Crippen LogP contribution in [0.1, 0.15) is 348 Å². The quantitative estimate of drug-likeness (QED) is 0.0261. The average Bonchev–Trinajstić information content (AvgIpc) is 3.38. The summed E-state index contributed by atoms with van der Waals surface area (Å²) in [7, 11) is 0. The van der Waals surface area contributed by atoms with E-state index in [0.29, 0.717) is 19.3 Å². The van der Waals surface area contributed by atoms with Crippen LogP contribution in [-0.2, 0) is 28.6 Å². The lowest BCUT2D eigenvalue weighted by Gasteiger charge is -2.18. The second-order valence-corrected chi connectivity index (χ2v) is 21.7. The monoisotopic (exact) mass is 1010 g/mol. The van der Waals surface area contributed by atoms with Gasteiger partial charge in [0.25, 0.3) is 0 Å². The Bertz CT molecular complexity index is 1210. The Morgan fingerprint density at radius 1 is 0.278 bits per heavy atom. The summed E-state index contributed by atoms with van der Waals surface area (Å²) in [6.45, 7) is 6.64. The molecule has 0 bridgehead atoms. The van der Waals surface area contributed by atoms with E-state index in [9.17, 15) is 14.4 Å². The Morgan fingerprint density at radius 3 is 0.778 bits per heavy atom. The van der Waals surface area contributed by atoms with Crippen molar-refractivity contribution >= 4 is 17.9 Å². The number of unbranched alkanes of at least 4 members (excludes halogenated alkanes) is 42. The predicted molar refractivity (Wildman–Crippen MR) is 312 cm³/mol. The molecule has 0 fully saturated rings. The Labute approximate surface area is 448 Å². The van der Waals surface area contributed by atoms with E-state index in [2.05, 4.69) is 57.2 Å². The first kappa shape index (κ1) is 69.6. The molecule has 0 heterocycles. The summed E-state index contributed by atoms with van der Waals surface area (Å²) >= 11 is 0. The number of allylic oxidation sites excluding steroid dienone is 6. The molecule has 0 aromatic rings. The highest BCUT2D eigenvalue weighted by Gasteiger charge is 2.19. The number of hydrogen-bond acceptors (Lipinski definition) is 6. The highest BCUT2D eigenvalue weighted by atomic mass is 16.6. The molecule has 0 amide bonds. The van der Waals surface area contributed by atoms with E-state index in [4.69, 9.17) is 14.2 Å². The first-order valence-corrected chi connectivity index (χ1v) is 32.0.